The lowest BCUT2D eigenvalue weighted by Crippen LogP contribution is -2.21. The van der Waals surface area contributed by atoms with Gasteiger partial charge in [-0.3, -0.25) is 0 Å². The van der Waals surface area contributed by atoms with Gasteiger partial charge in [-0.15, -0.1) is 0 Å². The van der Waals surface area contributed by atoms with E-state index in [1.165, 1.54) is 0 Å². The fourth-order valence-corrected chi connectivity index (χ4v) is 2.32. The topological polar surface area (TPSA) is 72.3 Å². The SMILES string of the molecule is CC(C)(C)c1nc(C=C2CCOC2=O)nc(C(C)(C)C)c1O. The second-order valence-electron chi connectivity index (χ2n) is 7.68. The highest BCUT2D eigenvalue weighted by Crippen LogP contribution is 2.36. The summed E-state index contributed by atoms with van der Waals surface area (Å²) in [5.41, 5.74) is 1.11. The van der Waals surface area contributed by atoms with Crippen LogP contribution in [-0.4, -0.2) is 27.7 Å². The maximum Gasteiger partial charge on any atom is 0.334 e. The largest absolute Gasteiger partial charge is 0.504 e. The number of hydrogen-bond donors (Lipinski definition) is 1. The third-order valence-corrected chi connectivity index (χ3v) is 3.49. The Balaban J connectivity index is 2.63. The zero-order valence-electron chi connectivity index (χ0n) is 14.1. The lowest BCUT2D eigenvalue weighted by Gasteiger charge is -2.25. The van der Waals surface area contributed by atoms with E-state index in [0.717, 1.165) is 0 Å². The van der Waals surface area contributed by atoms with E-state index in [9.17, 15) is 9.90 Å². The van der Waals surface area contributed by atoms with Gasteiger partial charge in [-0.25, -0.2) is 14.8 Å². The number of hydrogen-bond acceptors (Lipinski definition) is 5. The molecule has 0 spiro atoms. The van der Waals surface area contributed by atoms with Gasteiger partial charge in [0.1, 0.15) is 0 Å². The van der Waals surface area contributed by atoms with Crippen molar-refractivity contribution in [2.45, 2.75) is 58.8 Å². The maximum absolute atomic E-state index is 11.6. The van der Waals surface area contributed by atoms with Crippen LogP contribution in [0, 0.1) is 0 Å². The van der Waals surface area contributed by atoms with Gasteiger partial charge in [-0.1, -0.05) is 41.5 Å². The molecule has 1 aromatic heterocycles. The van der Waals surface area contributed by atoms with Crippen LogP contribution in [-0.2, 0) is 20.4 Å². The highest BCUT2D eigenvalue weighted by Gasteiger charge is 2.29. The Morgan fingerprint density at radius 3 is 1.91 bits per heavy atom. The monoisotopic (exact) mass is 304 g/mol. The molecule has 0 unspecified atom stereocenters. The number of aromatic hydroxyl groups is 1. The summed E-state index contributed by atoms with van der Waals surface area (Å²) in [4.78, 5) is 20.6. The molecule has 0 amide bonds. The Kier molecular flexibility index (Phi) is 4.02. The number of carbonyl (C=O) groups excluding carboxylic acids is 1. The van der Waals surface area contributed by atoms with Crippen molar-refractivity contribution in [2.75, 3.05) is 6.61 Å². The van der Waals surface area contributed by atoms with Gasteiger partial charge in [0, 0.05) is 22.8 Å². The van der Waals surface area contributed by atoms with E-state index in [2.05, 4.69) is 9.97 Å². The van der Waals surface area contributed by atoms with Crippen molar-refractivity contribution in [1.82, 2.24) is 9.97 Å². The minimum Gasteiger partial charge on any atom is -0.504 e. The number of aromatic nitrogens is 2. The summed E-state index contributed by atoms with van der Waals surface area (Å²) in [6, 6.07) is 0. The van der Waals surface area contributed by atoms with Gasteiger partial charge in [0.2, 0.25) is 0 Å². The number of cyclic esters (lactones) is 1. The van der Waals surface area contributed by atoms with Gasteiger partial charge in [0.25, 0.3) is 0 Å². The second kappa shape index (κ2) is 5.38. The van der Waals surface area contributed by atoms with Crippen LogP contribution >= 0.6 is 0 Å². The van der Waals surface area contributed by atoms with Gasteiger partial charge in [-0.2, -0.15) is 0 Å². The number of carbonyl (C=O) groups is 1. The summed E-state index contributed by atoms with van der Waals surface area (Å²) < 4.78 is 4.94. The summed E-state index contributed by atoms with van der Waals surface area (Å²) >= 11 is 0. The molecule has 0 saturated carbocycles. The van der Waals surface area contributed by atoms with E-state index in [1.807, 2.05) is 41.5 Å². The number of rotatable bonds is 1. The molecule has 0 bridgehead atoms. The highest BCUT2D eigenvalue weighted by molar-refractivity contribution is 5.94. The average molecular weight is 304 g/mol. The molecule has 1 aliphatic rings. The number of ether oxygens (including phenoxy) is 1. The molecule has 1 saturated heterocycles. The van der Waals surface area contributed by atoms with Crippen molar-refractivity contribution in [1.29, 1.82) is 0 Å². The molecule has 120 valence electrons. The Labute approximate surface area is 131 Å². The molecule has 22 heavy (non-hydrogen) atoms. The van der Waals surface area contributed by atoms with Crippen LogP contribution in [0.4, 0.5) is 0 Å². The molecule has 2 heterocycles. The van der Waals surface area contributed by atoms with E-state index in [4.69, 9.17) is 4.74 Å². The third-order valence-electron chi connectivity index (χ3n) is 3.49. The molecule has 1 aromatic rings. The van der Waals surface area contributed by atoms with Crippen LogP contribution in [0.25, 0.3) is 6.08 Å². The molecule has 5 nitrogen and oxygen atoms in total. The molecule has 0 aromatic carbocycles. The Hall–Kier alpha value is -1.91. The van der Waals surface area contributed by atoms with Crippen molar-refractivity contribution in [2.24, 2.45) is 0 Å². The molecule has 0 radical (unpaired) electrons. The summed E-state index contributed by atoms with van der Waals surface area (Å²) in [6.45, 7) is 12.3. The fourth-order valence-electron chi connectivity index (χ4n) is 2.32. The van der Waals surface area contributed by atoms with Gasteiger partial charge in [0.05, 0.1) is 18.0 Å². The predicted molar refractivity (Wildman–Crippen MR) is 84.6 cm³/mol. The Bertz CT molecular complexity index is 599. The summed E-state index contributed by atoms with van der Waals surface area (Å²) in [5, 5.41) is 10.6. The molecule has 1 aliphatic heterocycles. The Morgan fingerprint density at radius 2 is 1.55 bits per heavy atom. The van der Waals surface area contributed by atoms with E-state index in [1.54, 1.807) is 6.08 Å². The van der Waals surface area contributed by atoms with Crippen LogP contribution in [0.2, 0.25) is 0 Å². The minimum absolute atomic E-state index is 0.135. The lowest BCUT2D eigenvalue weighted by molar-refractivity contribution is -0.134. The summed E-state index contributed by atoms with van der Waals surface area (Å²) in [7, 11) is 0. The fraction of sp³-hybridized carbons (Fsp3) is 0.588. The smallest absolute Gasteiger partial charge is 0.334 e. The number of nitrogens with zero attached hydrogens (tertiary/aromatic N) is 2. The average Bonchev–Trinajstić information content (AvgIpc) is 2.74. The summed E-state index contributed by atoms with van der Waals surface area (Å²) in [6.07, 6.45) is 2.23. The third kappa shape index (κ3) is 3.29. The molecule has 1 N–H and O–H groups in total. The molecular weight excluding hydrogens is 280 g/mol. The van der Waals surface area contributed by atoms with Crippen LogP contribution in [0.1, 0.15) is 65.2 Å². The van der Waals surface area contributed by atoms with E-state index in [0.29, 0.717) is 35.8 Å². The molecular formula is C17H24N2O3. The molecule has 0 atom stereocenters. The standard InChI is InChI=1S/C17H24N2O3/c1-16(2,3)13-12(20)14(17(4,5)6)19-11(18-13)9-10-7-8-22-15(10)21/h9,20H,7-8H2,1-6H3. The number of esters is 1. The summed E-state index contributed by atoms with van der Waals surface area (Å²) in [5.74, 6) is 0.268. The van der Waals surface area contributed by atoms with Crippen molar-refractivity contribution >= 4 is 12.0 Å². The van der Waals surface area contributed by atoms with Crippen molar-refractivity contribution < 1.29 is 14.6 Å². The zero-order valence-corrected chi connectivity index (χ0v) is 14.1. The van der Waals surface area contributed by atoms with Gasteiger partial charge in [0.15, 0.2) is 11.6 Å². The van der Waals surface area contributed by atoms with E-state index in [-0.39, 0.29) is 22.5 Å². The van der Waals surface area contributed by atoms with Gasteiger partial charge >= 0.3 is 5.97 Å². The second-order valence-corrected chi connectivity index (χ2v) is 7.68. The van der Waals surface area contributed by atoms with Gasteiger partial charge < -0.3 is 9.84 Å². The first-order chi connectivity index (χ1) is 10.00. The van der Waals surface area contributed by atoms with Crippen LogP contribution < -0.4 is 0 Å². The highest BCUT2D eigenvalue weighted by atomic mass is 16.5. The predicted octanol–water partition coefficient (Wildman–Crippen LogP) is 3.11. The van der Waals surface area contributed by atoms with E-state index < -0.39 is 0 Å². The first kappa shape index (κ1) is 16.5. The van der Waals surface area contributed by atoms with Gasteiger partial charge in [-0.05, 0) is 6.08 Å². The first-order valence-corrected chi connectivity index (χ1v) is 7.50. The molecule has 0 aliphatic carbocycles. The van der Waals surface area contributed by atoms with Crippen molar-refractivity contribution in [3.05, 3.63) is 22.8 Å². The van der Waals surface area contributed by atoms with Crippen LogP contribution in [0.3, 0.4) is 0 Å². The van der Waals surface area contributed by atoms with E-state index >= 15 is 0 Å². The first-order valence-electron chi connectivity index (χ1n) is 7.50. The quantitative estimate of drug-likeness (QED) is 0.637. The minimum atomic E-state index is -0.323. The lowest BCUT2D eigenvalue weighted by atomic mass is 9.85. The van der Waals surface area contributed by atoms with Crippen LogP contribution in [0.5, 0.6) is 5.75 Å². The maximum atomic E-state index is 11.6. The molecule has 5 heteroatoms. The van der Waals surface area contributed by atoms with Crippen LogP contribution in [0.15, 0.2) is 5.57 Å². The normalized spacial score (nSPS) is 17.9. The van der Waals surface area contributed by atoms with Crippen molar-refractivity contribution in [3.63, 3.8) is 0 Å². The Morgan fingerprint density at radius 1 is 1.05 bits per heavy atom. The molecule has 2 rings (SSSR count). The zero-order chi connectivity index (χ0) is 16.7. The van der Waals surface area contributed by atoms with Crippen molar-refractivity contribution in [3.8, 4) is 5.75 Å². The molecule has 1 fully saturated rings.